The summed E-state index contributed by atoms with van der Waals surface area (Å²) < 4.78 is 0. The number of hydrogen-bond donors (Lipinski definition) is 2. The summed E-state index contributed by atoms with van der Waals surface area (Å²) in [5, 5.41) is 18.8. The fraction of sp³-hybridized carbons (Fsp3) is 0.625. The summed E-state index contributed by atoms with van der Waals surface area (Å²) in [5.41, 5.74) is 2.20. The number of hydrogen-bond acceptors (Lipinski definition) is 3. The van der Waals surface area contributed by atoms with Crippen LogP contribution >= 0.6 is 0 Å². The average Bonchev–Trinajstić information content (AvgIpc) is 2.40. The minimum absolute atomic E-state index is 0.246. The van der Waals surface area contributed by atoms with Crippen molar-refractivity contribution in [1.29, 1.82) is 0 Å². The van der Waals surface area contributed by atoms with Crippen LogP contribution in [0.2, 0.25) is 0 Å². The molecule has 1 saturated carbocycles. The average molecular weight is 263 g/mol. The summed E-state index contributed by atoms with van der Waals surface area (Å²) in [6.45, 7) is 3.15. The molecule has 1 aliphatic rings. The summed E-state index contributed by atoms with van der Waals surface area (Å²) in [5.74, 6) is 0. The van der Waals surface area contributed by atoms with Gasteiger partial charge < -0.3 is 15.1 Å². The maximum atomic E-state index is 9.82. The topological polar surface area (TPSA) is 43.7 Å². The van der Waals surface area contributed by atoms with E-state index in [1.807, 2.05) is 19.1 Å². The summed E-state index contributed by atoms with van der Waals surface area (Å²) in [4.78, 5) is 2.40. The zero-order valence-electron chi connectivity index (χ0n) is 11.8. The number of rotatable bonds is 7. The van der Waals surface area contributed by atoms with Crippen molar-refractivity contribution in [2.45, 2.75) is 51.2 Å². The van der Waals surface area contributed by atoms with Gasteiger partial charge in [-0.05, 0) is 49.8 Å². The van der Waals surface area contributed by atoms with E-state index >= 15 is 0 Å². The fourth-order valence-electron chi connectivity index (χ4n) is 2.59. The minimum atomic E-state index is -0.358. The van der Waals surface area contributed by atoms with Gasteiger partial charge in [0.1, 0.15) is 0 Å². The van der Waals surface area contributed by atoms with Crippen LogP contribution < -0.4 is 4.90 Å². The molecular weight excluding hydrogens is 238 g/mol. The van der Waals surface area contributed by atoms with Crippen molar-refractivity contribution >= 4 is 5.69 Å². The van der Waals surface area contributed by atoms with Crippen molar-refractivity contribution in [2.75, 3.05) is 18.1 Å². The van der Waals surface area contributed by atoms with Crippen molar-refractivity contribution in [3.05, 3.63) is 29.8 Å². The Morgan fingerprint density at radius 3 is 2.42 bits per heavy atom. The minimum Gasteiger partial charge on any atom is -0.396 e. The molecule has 0 saturated heterocycles. The second kappa shape index (κ2) is 6.92. The SMILES string of the molecule is CC[C@@H](O)c1ccc(N(CCCO)C2CCC2)cc1. The van der Waals surface area contributed by atoms with Gasteiger partial charge in [0.05, 0.1) is 6.10 Å². The Hall–Kier alpha value is -1.06. The molecule has 0 spiro atoms. The van der Waals surface area contributed by atoms with Gasteiger partial charge in [-0.15, -0.1) is 0 Å². The Balaban J connectivity index is 2.07. The highest BCUT2D eigenvalue weighted by Gasteiger charge is 2.24. The smallest absolute Gasteiger partial charge is 0.0787 e. The van der Waals surface area contributed by atoms with E-state index in [1.54, 1.807) is 0 Å². The van der Waals surface area contributed by atoms with Crippen LogP contribution in [0.15, 0.2) is 24.3 Å². The third-order valence-electron chi connectivity index (χ3n) is 4.07. The van der Waals surface area contributed by atoms with Crippen molar-refractivity contribution in [1.82, 2.24) is 0 Å². The maximum absolute atomic E-state index is 9.82. The van der Waals surface area contributed by atoms with E-state index in [0.717, 1.165) is 24.9 Å². The van der Waals surface area contributed by atoms with E-state index in [0.29, 0.717) is 6.04 Å². The molecule has 0 aliphatic heterocycles. The van der Waals surface area contributed by atoms with Gasteiger partial charge in [0.25, 0.3) is 0 Å². The van der Waals surface area contributed by atoms with Crippen LogP contribution in [0.3, 0.4) is 0 Å². The van der Waals surface area contributed by atoms with Crippen LogP contribution in [-0.2, 0) is 0 Å². The van der Waals surface area contributed by atoms with Crippen LogP contribution in [0.25, 0.3) is 0 Å². The Morgan fingerprint density at radius 1 is 1.26 bits per heavy atom. The van der Waals surface area contributed by atoms with Crippen LogP contribution in [0.4, 0.5) is 5.69 Å². The fourth-order valence-corrected chi connectivity index (χ4v) is 2.59. The van der Waals surface area contributed by atoms with Crippen molar-refractivity contribution in [3.8, 4) is 0 Å². The lowest BCUT2D eigenvalue weighted by Crippen LogP contribution is -2.41. The quantitative estimate of drug-likeness (QED) is 0.795. The van der Waals surface area contributed by atoms with Gasteiger partial charge in [0, 0.05) is 24.9 Å². The van der Waals surface area contributed by atoms with E-state index in [2.05, 4.69) is 17.0 Å². The summed E-state index contributed by atoms with van der Waals surface area (Å²) in [6, 6.07) is 8.88. The Morgan fingerprint density at radius 2 is 1.95 bits per heavy atom. The molecule has 1 aliphatic carbocycles. The van der Waals surface area contributed by atoms with Gasteiger partial charge in [0.15, 0.2) is 0 Å². The Kier molecular flexibility index (Phi) is 5.23. The number of nitrogens with zero attached hydrogens (tertiary/aromatic N) is 1. The van der Waals surface area contributed by atoms with E-state index < -0.39 is 0 Å². The number of anilines is 1. The van der Waals surface area contributed by atoms with Crippen LogP contribution in [0.5, 0.6) is 0 Å². The molecule has 19 heavy (non-hydrogen) atoms. The zero-order chi connectivity index (χ0) is 13.7. The van der Waals surface area contributed by atoms with Gasteiger partial charge in [0.2, 0.25) is 0 Å². The molecule has 2 rings (SSSR count). The summed E-state index contributed by atoms with van der Waals surface area (Å²) >= 11 is 0. The molecule has 0 aromatic heterocycles. The lowest BCUT2D eigenvalue weighted by Gasteiger charge is -2.39. The molecular formula is C16H25NO2. The van der Waals surface area contributed by atoms with Gasteiger partial charge in [-0.25, -0.2) is 0 Å². The van der Waals surface area contributed by atoms with Gasteiger partial charge in [-0.3, -0.25) is 0 Å². The first kappa shape index (κ1) is 14.4. The molecule has 0 bridgehead atoms. The predicted octanol–water partition coefficient (Wildman–Crippen LogP) is 2.87. The Labute approximate surface area is 115 Å². The highest BCUT2D eigenvalue weighted by Crippen LogP contribution is 2.30. The number of aliphatic hydroxyl groups excluding tert-OH is 2. The standard InChI is InChI=1S/C16H25NO2/c1-2-16(19)13-7-9-15(10-8-13)17(11-4-12-18)14-5-3-6-14/h7-10,14,16,18-19H,2-6,11-12H2,1H3/t16-/m1/s1. The molecule has 106 valence electrons. The van der Waals surface area contributed by atoms with Gasteiger partial charge >= 0.3 is 0 Å². The van der Waals surface area contributed by atoms with Crippen LogP contribution in [-0.4, -0.2) is 29.4 Å². The monoisotopic (exact) mass is 263 g/mol. The van der Waals surface area contributed by atoms with Crippen molar-refractivity contribution < 1.29 is 10.2 Å². The molecule has 1 fully saturated rings. The summed E-state index contributed by atoms with van der Waals surface area (Å²) in [6.07, 6.45) is 5.03. The van der Waals surface area contributed by atoms with Gasteiger partial charge in [-0.1, -0.05) is 19.1 Å². The highest BCUT2D eigenvalue weighted by molar-refractivity contribution is 5.49. The molecule has 3 nitrogen and oxygen atoms in total. The molecule has 0 heterocycles. The summed E-state index contributed by atoms with van der Waals surface area (Å²) in [7, 11) is 0. The second-order valence-electron chi connectivity index (χ2n) is 5.37. The molecule has 0 unspecified atom stereocenters. The van der Waals surface area contributed by atoms with Crippen molar-refractivity contribution in [3.63, 3.8) is 0 Å². The molecule has 0 amide bonds. The molecule has 2 N–H and O–H groups in total. The predicted molar refractivity (Wildman–Crippen MR) is 78.4 cm³/mol. The normalized spacial score (nSPS) is 17.0. The van der Waals surface area contributed by atoms with E-state index in [4.69, 9.17) is 5.11 Å². The van der Waals surface area contributed by atoms with Crippen LogP contribution in [0.1, 0.15) is 50.7 Å². The van der Waals surface area contributed by atoms with E-state index in [9.17, 15) is 5.11 Å². The molecule has 3 heteroatoms. The molecule has 1 atom stereocenters. The first-order valence-corrected chi connectivity index (χ1v) is 7.41. The van der Waals surface area contributed by atoms with Crippen LogP contribution in [0, 0.1) is 0 Å². The first-order chi connectivity index (χ1) is 9.26. The third-order valence-corrected chi connectivity index (χ3v) is 4.07. The zero-order valence-corrected chi connectivity index (χ0v) is 11.8. The first-order valence-electron chi connectivity index (χ1n) is 7.41. The molecule has 1 aromatic rings. The van der Waals surface area contributed by atoms with Crippen molar-refractivity contribution in [2.24, 2.45) is 0 Å². The lowest BCUT2D eigenvalue weighted by molar-refractivity contribution is 0.173. The third kappa shape index (κ3) is 3.48. The number of benzene rings is 1. The largest absolute Gasteiger partial charge is 0.396 e. The second-order valence-corrected chi connectivity index (χ2v) is 5.37. The van der Waals surface area contributed by atoms with E-state index in [1.165, 1.54) is 24.9 Å². The van der Waals surface area contributed by atoms with E-state index in [-0.39, 0.29) is 12.7 Å². The Bertz CT molecular complexity index is 373. The lowest BCUT2D eigenvalue weighted by atomic mass is 9.90. The molecule has 0 radical (unpaired) electrons. The number of aliphatic hydroxyl groups is 2. The maximum Gasteiger partial charge on any atom is 0.0787 e. The molecule has 1 aromatic carbocycles. The highest BCUT2D eigenvalue weighted by atomic mass is 16.3. The van der Waals surface area contributed by atoms with Gasteiger partial charge in [-0.2, -0.15) is 0 Å².